The second kappa shape index (κ2) is 5.69. The molecule has 0 aliphatic rings. The first-order valence-corrected chi connectivity index (χ1v) is 6.27. The second-order valence-electron chi connectivity index (χ2n) is 3.62. The Morgan fingerprint density at radius 1 is 0.941 bits per heavy atom. The van der Waals surface area contributed by atoms with Gasteiger partial charge in [-0.2, -0.15) is 0 Å². The van der Waals surface area contributed by atoms with Crippen molar-refractivity contribution in [3.8, 4) is 5.75 Å². The molecule has 0 radical (unpaired) electrons. The lowest BCUT2D eigenvalue weighted by Gasteiger charge is -2.08. The molecule has 2 aromatic carbocycles. The molecule has 0 amide bonds. The van der Waals surface area contributed by atoms with Crippen LogP contribution in [0.4, 0.5) is 0 Å². The van der Waals surface area contributed by atoms with Gasteiger partial charge in [-0.1, -0.05) is 58.4 Å². The molecule has 1 nitrogen and oxygen atoms in total. The molecule has 0 aromatic heterocycles. The maximum absolute atomic E-state index is 5.16. The Balaban J connectivity index is 2.37. The zero-order valence-corrected chi connectivity index (χ0v) is 11.1. The number of methoxy groups -OCH3 is 1. The van der Waals surface area contributed by atoms with Crippen LogP contribution in [0.15, 0.2) is 59.6 Å². The minimum atomic E-state index is 0.871. The van der Waals surface area contributed by atoms with Crippen molar-refractivity contribution in [3.05, 3.63) is 70.7 Å². The van der Waals surface area contributed by atoms with Crippen LogP contribution >= 0.6 is 15.9 Å². The molecule has 0 fully saturated rings. The maximum Gasteiger partial charge on any atom is 0.118 e. The van der Waals surface area contributed by atoms with Crippen LogP contribution in [0.2, 0.25) is 0 Å². The van der Waals surface area contributed by atoms with E-state index in [0.29, 0.717) is 0 Å². The third-order valence-electron chi connectivity index (χ3n) is 2.59. The number of ether oxygens (including phenoxy) is 1. The van der Waals surface area contributed by atoms with Crippen LogP contribution in [0, 0.1) is 0 Å². The van der Waals surface area contributed by atoms with E-state index in [2.05, 4.69) is 40.2 Å². The molecule has 2 rings (SSSR count). The summed E-state index contributed by atoms with van der Waals surface area (Å²) < 4.78 is 5.16. The molecule has 0 heterocycles. The molecule has 86 valence electrons. The van der Waals surface area contributed by atoms with E-state index < -0.39 is 0 Å². The molecular weight excluding hydrogens is 276 g/mol. The Bertz CT molecular complexity index is 500. The quantitative estimate of drug-likeness (QED) is 0.809. The van der Waals surface area contributed by atoms with Gasteiger partial charge in [-0.25, -0.2) is 0 Å². The average Bonchev–Trinajstić information content (AvgIpc) is 2.42. The largest absolute Gasteiger partial charge is 0.497 e. The number of hydrogen-bond donors (Lipinski definition) is 0. The highest BCUT2D eigenvalue weighted by molar-refractivity contribution is 9.11. The van der Waals surface area contributed by atoms with Gasteiger partial charge in [-0.15, -0.1) is 0 Å². The zero-order chi connectivity index (χ0) is 12.1. The maximum atomic E-state index is 5.16. The van der Waals surface area contributed by atoms with Gasteiger partial charge in [0.05, 0.1) is 7.11 Å². The smallest absolute Gasteiger partial charge is 0.118 e. The summed E-state index contributed by atoms with van der Waals surface area (Å²) in [4.78, 5) is 1.95. The van der Waals surface area contributed by atoms with E-state index in [1.807, 2.05) is 35.3 Å². The van der Waals surface area contributed by atoms with Crippen LogP contribution in [0.1, 0.15) is 11.1 Å². The number of hydrogen-bond acceptors (Lipinski definition) is 1. The minimum absolute atomic E-state index is 0.871. The molecule has 0 saturated carbocycles. The van der Waals surface area contributed by atoms with E-state index in [9.17, 15) is 0 Å². The third-order valence-corrected chi connectivity index (χ3v) is 3.05. The Morgan fingerprint density at radius 2 is 1.53 bits per heavy atom. The van der Waals surface area contributed by atoms with Gasteiger partial charge in [-0.3, -0.25) is 0 Å². The van der Waals surface area contributed by atoms with Crippen molar-refractivity contribution in [3.63, 3.8) is 0 Å². The summed E-state index contributed by atoms with van der Waals surface area (Å²) in [5, 5.41) is 0. The summed E-state index contributed by atoms with van der Waals surface area (Å²) in [7, 11) is 1.67. The molecule has 0 unspecified atom stereocenters. The monoisotopic (exact) mass is 288 g/mol. The summed E-state index contributed by atoms with van der Waals surface area (Å²) in [5.74, 6) is 0.871. The van der Waals surface area contributed by atoms with Crippen LogP contribution in [0.3, 0.4) is 0 Å². The summed E-state index contributed by atoms with van der Waals surface area (Å²) >= 11 is 3.43. The van der Waals surface area contributed by atoms with Gasteiger partial charge >= 0.3 is 0 Å². The third kappa shape index (κ3) is 2.77. The van der Waals surface area contributed by atoms with Gasteiger partial charge in [0.15, 0.2) is 0 Å². The highest BCUT2D eigenvalue weighted by atomic mass is 79.9. The van der Waals surface area contributed by atoms with E-state index in [1.54, 1.807) is 7.11 Å². The van der Waals surface area contributed by atoms with Crippen LogP contribution in [0.25, 0.3) is 5.57 Å². The molecule has 2 heteroatoms. The standard InChI is InChI=1S/C15H13BrO/c1-17-14-9-7-13(8-10-14)15(11-16)12-5-3-2-4-6-12/h2-11H,1H3. The summed E-state index contributed by atoms with van der Waals surface area (Å²) in [6.07, 6.45) is 0. The first-order chi connectivity index (χ1) is 8.35. The van der Waals surface area contributed by atoms with Gasteiger partial charge < -0.3 is 4.74 Å². The molecular formula is C15H13BrO. The highest BCUT2D eigenvalue weighted by Crippen LogP contribution is 2.26. The Hall–Kier alpha value is -1.54. The van der Waals surface area contributed by atoms with E-state index in [4.69, 9.17) is 4.74 Å². The van der Waals surface area contributed by atoms with Crippen molar-refractivity contribution in [2.45, 2.75) is 0 Å². The van der Waals surface area contributed by atoms with Crippen LogP contribution in [-0.4, -0.2) is 7.11 Å². The fraction of sp³-hybridized carbons (Fsp3) is 0.0667. The molecule has 0 spiro atoms. The molecule has 0 aliphatic carbocycles. The molecule has 17 heavy (non-hydrogen) atoms. The predicted molar refractivity (Wildman–Crippen MR) is 75.4 cm³/mol. The van der Waals surface area contributed by atoms with Crippen molar-refractivity contribution in [2.24, 2.45) is 0 Å². The minimum Gasteiger partial charge on any atom is -0.497 e. The van der Waals surface area contributed by atoms with Crippen LogP contribution in [-0.2, 0) is 0 Å². The molecule has 0 N–H and O–H groups in total. The Labute approximate surface area is 110 Å². The van der Waals surface area contributed by atoms with Crippen LogP contribution < -0.4 is 4.74 Å². The number of rotatable bonds is 3. The molecule has 2 aromatic rings. The first-order valence-electron chi connectivity index (χ1n) is 5.35. The Morgan fingerprint density at radius 3 is 2.06 bits per heavy atom. The van der Waals surface area contributed by atoms with Gasteiger partial charge in [0.1, 0.15) is 5.75 Å². The summed E-state index contributed by atoms with van der Waals surface area (Å²) in [6, 6.07) is 18.3. The SMILES string of the molecule is COc1ccc(C(=CBr)c2ccccc2)cc1. The van der Waals surface area contributed by atoms with Gasteiger partial charge in [0, 0.05) is 0 Å². The average molecular weight is 289 g/mol. The summed E-state index contributed by atoms with van der Waals surface area (Å²) in [6.45, 7) is 0. The van der Waals surface area contributed by atoms with Gasteiger partial charge in [0.2, 0.25) is 0 Å². The molecule has 0 aliphatic heterocycles. The normalized spacial score (nSPS) is 11.3. The van der Waals surface area contributed by atoms with E-state index in [-0.39, 0.29) is 0 Å². The molecule has 0 saturated heterocycles. The van der Waals surface area contributed by atoms with Gasteiger partial charge in [-0.05, 0) is 33.8 Å². The zero-order valence-electron chi connectivity index (χ0n) is 9.56. The number of benzene rings is 2. The highest BCUT2D eigenvalue weighted by Gasteiger charge is 2.03. The van der Waals surface area contributed by atoms with E-state index in [0.717, 1.165) is 16.9 Å². The van der Waals surface area contributed by atoms with Crippen molar-refractivity contribution in [1.29, 1.82) is 0 Å². The Kier molecular flexibility index (Phi) is 3.99. The van der Waals surface area contributed by atoms with Crippen molar-refractivity contribution in [2.75, 3.05) is 7.11 Å². The van der Waals surface area contributed by atoms with Crippen LogP contribution in [0.5, 0.6) is 5.75 Å². The number of halogens is 1. The lowest BCUT2D eigenvalue weighted by Crippen LogP contribution is -1.88. The van der Waals surface area contributed by atoms with Crippen molar-refractivity contribution >= 4 is 21.5 Å². The summed E-state index contributed by atoms with van der Waals surface area (Å²) in [5.41, 5.74) is 3.51. The van der Waals surface area contributed by atoms with Gasteiger partial charge in [0.25, 0.3) is 0 Å². The predicted octanol–water partition coefficient (Wildman–Crippen LogP) is 4.48. The fourth-order valence-corrected chi connectivity index (χ4v) is 2.21. The second-order valence-corrected chi connectivity index (χ2v) is 4.08. The van der Waals surface area contributed by atoms with E-state index >= 15 is 0 Å². The fourth-order valence-electron chi connectivity index (χ4n) is 1.68. The topological polar surface area (TPSA) is 9.23 Å². The first kappa shape index (κ1) is 11.9. The van der Waals surface area contributed by atoms with Crippen molar-refractivity contribution < 1.29 is 4.74 Å². The lowest BCUT2D eigenvalue weighted by molar-refractivity contribution is 0.415. The lowest BCUT2D eigenvalue weighted by atomic mass is 10.00. The molecule has 0 atom stereocenters. The molecule has 0 bridgehead atoms. The van der Waals surface area contributed by atoms with Crippen molar-refractivity contribution in [1.82, 2.24) is 0 Å². The van der Waals surface area contributed by atoms with E-state index in [1.165, 1.54) is 5.56 Å².